The molecular formula is C25H24ClF2N7O2. The van der Waals surface area contributed by atoms with E-state index in [1.165, 1.54) is 24.3 Å². The molecule has 3 aromatic heterocycles. The molecule has 192 valence electrons. The zero-order chi connectivity index (χ0) is 26.3. The van der Waals surface area contributed by atoms with Gasteiger partial charge in [-0.15, -0.1) is 0 Å². The van der Waals surface area contributed by atoms with Gasteiger partial charge in [-0.25, -0.2) is 13.8 Å². The lowest BCUT2D eigenvalue weighted by Crippen LogP contribution is -2.51. The minimum Gasteiger partial charge on any atom is -0.338 e. The number of rotatable bonds is 5. The van der Waals surface area contributed by atoms with Gasteiger partial charge in [0.05, 0.1) is 21.7 Å². The number of piperidine rings is 1. The zero-order valence-corrected chi connectivity index (χ0v) is 21.1. The van der Waals surface area contributed by atoms with Gasteiger partial charge in [0.1, 0.15) is 0 Å². The summed E-state index contributed by atoms with van der Waals surface area (Å²) in [5.74, 6) is -0.611. The number of benzene rings is 1. The lowest BCUT2D eigenvalue weighted by molar-refractivity contribution is 0.0530. The van der Waals surface area contributed by atoms with E-state index in [1.807, 2.05) is 13.8 Å². The van der Waals surface area contributed by atoms with E-state index in [1.54, 1.807) is 24.0 Å². The Kier molecular flexibility index (Phi) is 6.40. The number of likely N-dealkylation sites (tertiary alicyclic amines) is 1. The summed E-state index contributed by atoms with van der Waals surface area (Å²) >= 11 is 5.90. The number of amides is 1. The van der Waals surface area contributed by atoms with Gasteiger partial charge >= 0.3 is 0 Å². The van der Waals surface area contributed by atoms with Crippen molar-refractivity contribution in [3.8, 4) is 0 Å². The Morgan fingerprint density at radius 3 is 2.73 bits per heavy atom. The van der Waals surface area contributed by atoms with Gasteiger partial charge in [-0.1, -0.05) is 22.8 Å². The summed E-state index contributed by atoms with van der Waals surface area (Å²) in [4.78, 5) is 23.9. The summed E-state index contributed by atoms with van der Waals surface area (Å²) in [5, 5.41) is 13.6. The number of hydrogen-bond donors (Lipinski definition) is 2. The van der Waals surface area contributed by atoms with E-state index in [9.17, 15) is 13.6 Å². The van der Waals surface area contributed by atoms with Crippen molar-refractivity contribution in [1.82, 2.24) is 30.2 Å². The number of carbonyl (C=O) groups is 1. The van der Waals surface area contributed by atoms with Crippen LogP contribution in [-0.4, -0.2) is 48.7 Å². The minimum absolute atomic E-state index is 0.00762. The number of hydrogen-bond acceptors (Lipinski definition) is 7. The maximum Gasteiger partial charge on any atom is 0.257 e. The molecule has 37 heavy (non-hydrogen) atoms. The number of aryl methyl sites for hydroxylation is 2. The van der Waals surface area contributed by atoms with E-state index < -0.39 is 23.0 Å². The molecule has 4 aromatic rings. The van der Waals surface area contributed by atoms with Crippen LogP contribution in [0.4, 0.5) is 20.4 Å². The van der Waals surface area contributed by atoms with Crippen molar-refractivity contribution >= 4 is 29.1 Å². The Labute approximate surface area is 216 Å². The highest BCUT2D eigenvalue weighted by atomic mass is 35.5. The zero-order valence-electron chi connectivity index (χ0n) is 20.3. The van der Waals surface area contributed by atoms with Crippen molar-refractivity contribution in [2.24, 2.45) is 0 Å². The first-order valence-corrected chi connectivity index (χ1v) is 12.1. The van der Waals surface area contributed by atoms with Crippen molar-refractivity contribution in [2.45, 2.75) is 45.1 Å². The van der Waals surface area contributed by atoms with Crippen LogP contribution in [0.15, 0.2) is 40.9 Å². The first-order chi connectivity index (χ1) is 17.7. The maximum absolute atomic E-state index is 14.7. The molecule has 0 radical (unpaired) electrons. The third-order valence-electron chi connectivity index (χ3n) is 6.62. The van der Waals surface area contributed by atoms with E-state index in [0.717, 1.165) is 5.69 Å². The van der Waals surface area contributed by atoms with Gasteiger partial charge in [-0.3, -0.25) is 9.89 Å². The number of carbonyl (C=O) groups excluding carboxylic acids is 1. The summed E-state index contributed by atoms with van der Waals surface area (Å²) in [7, 11) is 0. The van der Waals surface area contributed by atoms with Crippen LogP contribution in [-0.2, 0) is 5.41 Å². The number of nitrogens with zero attached hydrogens (tertiary/aromatic N) is 5. The van der Waals surface area contributed by atoms with Crippen LogP contribution in [0.1, 0.15) is 53.2 Å². The molecule has 2 unspecified atom stereocenters. The molecule has 0 aliphatic carbocycles. The van der Waals surface area contributed by atoms with Crippen LogP contribution in [0.3, 0.4) is 0 Å². The molecule has 1 aromatic carbocycles. The second-order valence-corrected chi connectivity index (χ2v) is 9.63. The van der Waals surface area contributed by atoms with Gasteiger partial charge in [-0.2, -0.15) is 10.1 Å². The predicted molar refractivity (Wildman–Crippen MR) is 132 cm³/mol. The summed E-state index contributed by atoms with van der Waals surface area (Å²) in [6.07, 6.45) is 0.675. The number of aromatic amines is 1. The lowest BCUT2D eigenvalue weighted by atomic mass is 9.72. The topological polar surface area (TPSA) is 113 Å². The second-order valence-electron chi connectivity index (χ2n) is 9.22. The Morgan fingerprint density at radius 1 is 1.24 bits per heavy atom. The number of nitrogens with one attached hydrogen (secondary N) is 2. The van der Waals surface area contributed by atoms with Gasteiger partial charge in [0.15, 0.2) is 29.1 Å². The number of pyridine rings is 1. The molecule has 0 saturated carbocycles. The highest BCUT2D eigenvalue weighted by molar-refractivity contribution is 6.31. The van der Waals surface area contributed by atoms with E-state index >= 15 is 0 Å². The standard InChI is InChI=1S/C25H24ClF2N7O2/c1-13-11-20(33-32-13)31-22-18(27)7-8-19(30-22)25(24-29-15(3)34-37-24)9-10-35(14(2)12-25)23(36)16-5-4-6-17(26)21(16)28/h4-8,11,14H,9-10,12H2,1-3H3,(H2,30,31,32,33). The lowest BCUT2D eigenvalue weighted by Gasteiger charge is -2.43. The first kappa shape index (κ1) is 24.8. The normalized spacial score (nSPS) is 19.7. The van der Waals surface area contributed by atoms with Gasteiger partial charge < -0.3 is 14.7 Å². The van der Waals surface area contributed by atoms with E-state index in [-0.39, 0.29) is 29.0 Å². The third kappa shape index (κ3) is 4.55. The van der Waals surface area contributed by atoms with Crippen LogP contribution in [0.2, 0.25) is 5.02 Å². The second kappa shape index (κ2) is 9.55. The molecule has 2 atom stereocenters. The Bertz CT molecular complexity index is 1470. The molecule has 1 saturated heterocycles. The Hall–Kier alpha value is -3.86. The van der Waals surface area contributed by atoms with E-state index in [0.29, 0.717) is 36.1 Å². The van der Waals surface area contributed by atoms with Crippen molar-refractivity contribution in [2.75, 3.05) is 11.9 Å². The van der Waals surface area contributed by atoms with Crippen LogP contribution in [0.5, 0.6) is 0 Å². The van der Waals surface area contributed by atoms with E-state index in [2.05, 4.69) is 30.6 Å². The molecule has 0 spiro atoms. The van der Waals surface area contributed by atoms with Gasteiger partial charge in [0.2, 0.25) is 5.89 Å². The number of aromatic nitrogens is 5. The average molecular weight is 528 g/mol. The molecule has 1 fully saturated rings. The van der Waals surface area contributed by atoms with Crippen molar-refractivity contribution in [3.05, 3.63) is 81.7 Å². The van der Waals surface area contributed by atoms with Crippen molar-refractivity contribution in [1.29, 1.82) is 0 Å². The summed E-state index contributed by atoms with van der Waals surface area (Å²) in [6.45, 7) is 5.63. The van der Waals surface area contributed by atoms with Crippen LogP contribution >= 0.6 is 11.6 Å². The highest BCUT2D eigenvalue weighted by Gasteiger charge is 2.48. The minimum atomic E-state index is -0.907. The summed E-state index contributed by atoms with van der Waals surface area (Å²) < 4.78 is 35.0. The van der Waals surface area contributed by atoms with Crippen LogP contribution < -0.4 is 5.32 Å². The maximum atomic E-state index is 14.7. The first-order valence-electron chi connectivity index (χ1n) is 11.7. The smallest absolute Gasteiger partial charge is 0.257 e. The summed E-state index contributed by atoms with van der Waals surface area (Å²) in [6, 6.07) is 8.60. The quantitative estimate of drug-likeness (QED) is 0.371. The fraction of sp³-hybridized carbons (Fsp3) is 0.320. The SMILES string of the molecule is Cc1noc(C2(c3ccc(F)c(Nc4cc(C)[nH]n4)n3)CCN(C(=O)c3cccc(Cl)c3F)C(C)C2)n1. The molecule has 1 aliphatic heterocycles. The van der Waals surface area contributed by atoms with Gasteiger partial charge in [0.25, 0.3) is 5.91 Å². The molecule has 1 amide bonds. The van der Waals surface area contributed by atoms with E-state index in [4.69, 9.17) is 16.1 Å². The van der Waals surface area contributed by atoms with Crippen molar-refractivity contribution < 1.29 is 18.1 Å². The average Bonchev–Trinajstić information content (AvgIpc) is 3.49. The Balaban J connectivity index is 1.51. The van der Waals surface area contributed by atoms with Gasteiger partial charge in [0, 0.05) is 24.3 Å². The molecule has 12 heteroatoms. The molecule has 5 rings (SSSR count). The molecule has 2 N–H and O–H groups in total. The highest BCUT2D eigenvalue weighted by Crippen LogP contribution is 2.43. The number of anilines is 2. The predicted octanol–water partition coefficient (Wildman–Crippen LogP) is 5.09. The summed E-state index contributed by atoms with van der Waals surface area (Å²) in [5.41, 5.74) is 0.302. The van der Waals surface area contributed by atoms with Gasteiger partial charge in [-0.05, 0) is 57.9 Å². The fourth-order valence-corrected chi connectivity index (χ4v) is 4.98. The monoisotopic (exact) mass is 527 g/mol. The largest absolute Gasteiger partial charge is 0.338 e. The van der Waals surface area contributed by atoms with Crippen molar-refractivity contribution in [3.63, 3.8) is 0 Å². The number of halogens is 3. The van der Waals surface area contributed by atoms with Crippen LogP contribution in [0, 0.1) is 25.5 Å². The molecular weight excluding hydrogens is 504 g/mol. The molecule has 1 aliphatic rings. The molecule has 4 heterocycles. The molecule has 0 bridgehead atoms. The Morgan fingerprint density at radius 2 is 2.05 bits per heavy atom. The fourth-order valence-electron chi connectivity index (χ4n) is 4.80. The van der Waals surface area contributed by atoms with Crippen LogP contribution in [0.25, 0.3) is 0 Å². The molecule has 9 nitrogen and oxygen atoms in total. The third-order valence-corrected chi connectivity index (χ3v) is 6.92. The number of H-pyrrole nitrogens is 1.